The van der Waals surface area contributed by atoms with E-state index in [-0.39, 0.29) is 0 Å². The Morgan fingerprint density at radius 3 is 2.18 bits per heavy atom. The molecular weight excluding hydrogens is 136 g/mol. The summed E-state index contributed by atoms with van der Waals surface area (Å²) < 4.78 is 0. The number of rotatable bonds is 6. The zero-order valence-corrected chi connectivity index (χ0v) is 8.35. The molecule has 2 heteroatoms. The van der Waals surface area contributed by atoms with Crippen LogP contribution in [0.15, 0.2) is 0 Å². The van der Waals surface area contributed by atoms with Gasteiger partial charge in [-0.05, 0) is 32.6 Å². The highest BCUT2D eigenvalue weighted by molar-refractivity contribution is 4.61. The Kier molecular flexibility index (Phi) is 6.57. The quantitative estimate of drug-likeness (QED) is 0.624. The molecule has 0 rings (SSSR count). The summed E-state index contributed by atoms with van der Waals surface area (Å²) in [5, 5.41) is 3.19. The highest BCUT2D eigenvalue weighted by Gasteiger charge is 2.04. The smallest absolute Gasteiger partial charge is 0.00189 e. The molecule has 1 atom stereocenters. The average molecular weight is 158 g/mol. The summed E-state index contributed by atoms with van der Waals surface area (Å²) in [6.07, 6.45) is 0. The molecule has 0 aromatic rings. The molecule has 0 aromatic carbocycles. The molecule has 1 unspecified atom stereocenters. The van der Waals surface area contributed by atoms with Gasteiger partial charge >= 0.3 is 0 Å². The lowest BCUT2D eigenvalue weighted by Crippen LogP contribution is -2.32. The van der Waals surface area contributed by atoms with Gasteiger partial charge in [0.25, 0.3) is 0 Å². The molecule has 11 heavy (non-hydrogen) atoms. The van der Waals surface area contributed by atoms with Crippen LogP contribution in [0, 0.1) is 5.92 Å². The first kappa shape index (κ1) is 10.9. The normalized spacial score (nSPS) is 13.9. The molecule has 0 fully saturated rings. The zero-order chi connectivity index (χ0) is 8.69. The van der Waals surface area contributed by atoms with E-state index in [0.29, 0.717) is 0 Å². The summed E-state index contributed by atoms with van der Waals surface area (Å²) in [5.74, 6) is 0.764. The van der Waals surface area contributed by atoms with Crippen LogP contribution in [0.4, 0.5) is 0 Å². The van der Waals surface area contributed by atoms with E-state index in [1.54, 1.807) is 0 Å². The molecule has 0 bridgehead atoms. The third kappa shape index (κ3) is 5.22. The molecule has 0 aliphatic heterocycles. The van der Waals surface area contributed by atoms with Gasteiger partial charge in [0.2, 0.25) is 0 Å². The Morgan fingerprint density at radius 2 is 1.82 bits per heavy atom. The number of hydrogen-bond donors (Lipinski definition) is 1. The van der Waals surface area contributed by atoms with Gasteiger partial charge in [0.1, 0.15) is 0 Å². The van der Waals surface area contributed by atoms with Crippen molar-refractivity contribution in [2.45, 2.75) is 20.8 Å². The van der Waals surface area contributed by atoms with Crippen LogP contribution in [0.1, 0.15) is 20.8 Å². The summed E-state index contributed by atoms with van der Waals surface area (Å²) in [4.78, 5) is 2.46. The summed E-state index contributed by atoms with van der Waals surface area (Å²) in [7, 11) is 2.01. The molecule has 1 N–H and O–H groups in total. The SMILES string of the molecule is CCN(CC)CC(C)CNC. The van der Waals surface area contributed by atoms with Crippen LogP contribution in [0.2, 0.25) is 0 Å². The maximum atomic E-state index is 3.19. The minimum Gasteiger partial charge on any atom is -0.319 e. The van der Waals surface area contributed by atoms with Crippen LogP contribution in [-0.4, -0.2) is 38.1 Å². The fourth-order valence-electron chi connectivity index (χ4n) is 1.34. The second-order valence-electron chi connectivity index (χ2n) is 3.15. The number of nitrogens with zero attached hydrogens (tertiary/aromatic N) is 1. The third-order valence-electron chi connectivity index (χ3n) is 2.02. The number of nitrogens with one attached hydrogen (secondary N) is 1. The van der Waals surface area contributed by atoms with E-state index < -0.39 is 0 Å². The Labute approximate surface area is 71.0 Å². The van der Waals surface area contributed by atoms with Crippen molar-refractivity contribution < 1.29 is 0 Å². The monoisotopic (exact) mass is 158 g/mol. The molecule has 68 valence electrons. The van der Waals surface area contributed by atoms with Gasteiger partial charge in [0.15, 0.2) is 0 Å². The van der Waals surface area contributed by atoms with Crippen LogP contribution in [0.5, 0.6) is 0 Å². The lowest BCUT2D eigenvalue weighted by molar-refractivity contribution is 0.259. The van der Waals surface area contributed by atoms with E-state index in [4.69, 9.17) is 0 Å². The van der Waals surface area contributed by atoms with Crippen LogP contribution in [0.25, 0.3) is 0 Å². The Hall–Kier alpha value is -0.0800. The largest absolute Gasteiger partial charge is 0.319 e. The van der Waals surface area contributed by atoms with Crippen molar-refractivity contribution >= 4 is 0 Å². The van der Waals surface area contributed by atoms with Crippen molar-refractivity contribution in [1.29, 1.82) is 0 Å². The predicted octanol–water partition coefficient (Wildman–Crippen LogP) is 1.18. The van der Waals surface area contributed by atoms with E-state index >= 15 is 0 Å². The Morgan fingerprint density at radius 1 is 1.27 bits per heavy atom. The van der Waals surface area contributed by atoms with Crippen molar-refractivity contribution in [1.82, 2.24) is 10.2 Å². The fourth-order valence-corrected chi connectivity index (χ4v) is 1.34. The van der Waals surface area contributed by atoms with Gasteiger partial charge in [-0.25, -0.2) is 0 Å². The molecule has 0 saturated carbocycles. The molecule has 0 heterocycles. The summed E-state index contributed by atoms with van der Waals surface area (Å²) in [6.45, 7) is 11.4. The van der Waals surface area contributed by atoms with Gasteiger partial charge in [0.05, 0.1) is 0 Å². The van der Waals surface area contributed by atoms with E-state index in [1.807, 2.05) is 7.05 Å². The minimum absolute atomic E-state index is 0.764. The van der Waals surface area contributed by atoms with Crippen molar-refractivity contribution in [2.24, 2.45) is 5.92 Å². The fraction of sp³-hybridized carbons (Fsp3) is 1.00. The summed E-state index contributed by atoms with van der Waals surface area (Å²) >= 11 is 0. The molecule has 0 spiro atoms. The molecule has 0 amide bonds. The maximum absolute atomic E-state index is 3.19. The molecule has 2 nitrogen and oxygen atoms in total. The maximum Gasteiger partial charge on any atom is 0.00189 e. The first-order valence-corrected chi connectivity index (χ1v) is 4.61. The van der Waals surface area contributed by atoms with Gasteiger partial charge in [-0.1, -0.05) is 20.8 Å². The molecular formula is C9H22N2. The van der Waals surface area contributed by atoms with Crippen LogP contribution in [-0.2, 0) is 0 Å². The second kappa shape index (κ2) is 6.62. The summed E-state index contributed by atoms with van der Waals surface area (Å²) in [5.41, 5.74) is 0. The van der Waals surface area contributed by atoms with E-state index in [1.165, 1.54) is 19.6 Å². The first-order valence-electron chi connectivity index (χ1n) is 4.61. The molecule has 0 aromatic heterocycles. The van der Waals surface area contributed by atoms with Gasteiger partial charge in [-0.15, -0.1) is 0 Å². The average Bonchev–Trinajstić information content (AvgIpc) is 2.01. The van der Waals surface area contributed by atoms with Crippen molar-refractivity contribution in [2.75, 3.05) is 33.2 Å². The van der Waals surface area contributed by atoms with Crippen molar-refractivity contribution in [3.63, 3.8) is 0 Å². The molecule has 0 radical (unpaired) electrons. The molecule has 0 saturated heterocycles. The third-order valence-corrected chi connectivity index (χ3v) is 2.02. The lowest BCUT2D eigenvalue weighted by Gasteiger charge is -2.22. The minimum atomic E-state index is 0.764. The van der Waals surface area contributed by atoms with E-state index in [0.717, 1.165) is 12.5 Å². The van der Waals surface area contributed by atoms with Crippen LogP contribution in [0.3, 0.4) is 0 Å². The topological polar surface area (TPSA) is 15.3 Å². The van der Waals surface area contributed by atoms with E-state index in [2.05, 4.69) is 31.0 Å². The molecule has 0 aliphatic carbocycles. The lowest BCUT2D eigenvalue weighted by atomic mass is 10.1. The Bertz CT molecular complexity index is 79.6. The molecule has 0 aliphatic rings. The van der Waals surface area contributed by atoms with Crippen molar-refractivity contribution in [3.8, 4) is 0 Å². The zero-order valence-electron chi connectivity index (χ0n) is 8.35. The van der Waals surface area contributed by atoms with Gasteiger partial charge in [0, 0.05) is 6.54 Å². The van der Waals surface area contributed by atoms with Crippen LogP contribution < -0.4 is 5.32 Å². The second-order valence-corrected chi connectivity index (χ2v) is 3.15. The van der Waals surface area contributed by atoms with Gasteiger partial charge in [-0.3, -0.25) is 0 Å². The predicted molar refractivity (Wildman–Crippen MR) is 50.9 cm³/mol. The first-order chi connectivity index (χ1) is 5.24. The highest BCUT2D eigenvalue weighted by Crippen LogP contribution is 1.97. The van der Waals surface area contributed by atoms with Gasteiger partial charge in [-0.2, -0.15) is 0 Å². The standard InChI is InChI=1S/C9H22N2/c1-5-11(6-2)8-9(3)7-10-4/h9-10H,5-8H2,1-4H3. The number of hydrogen-bond acceptors (Lipinski definition) is 2. The van der Waals surface area contributed by atoms with Crippen LogP contribution >= 0.6 is 0 Å². The van der Waals surface area contributed by atoms with E-state index in [9.17, 15) is 0 Å². The van der Waals surface area contributed by atoms with Crippen molar-refractivity contribution in [3.05, 3.63) is 0 Å². The highest BCUT2D eigenvalue weighted by atomic mass is 15.1. The van der Waals surface area contributed by atoms with Gasteiger partial charge < -0.3 is 10.2 Å². The summed E-state index contributed by atoms with van der Waals surface area (Å²) in [6, 6.07) is 0. The Balaban J connectivity index is 3.44.